The van der Waals surface area contributed by atoms with E-state index in [0.717, 1.165) is 11.3 Å². The minimum atomic E-state index is -0.399. The molecule has 0 radical (unpaired) electrons. The van der Waals surface area contributed by atoms with Crippen molar-refractivity contribution in [3.8, 4) is 0 Å². The first kappa shape index (κ1) is 14.9. The first-order valence-corrected chi connectivity index (χ1v) is 6.58. The van der Waals surface area contributed by atoms with Crippen molar-refractivity contribution in [1.29, 1.82) is 0 Å². The molecule has 110 valence electrons. The molecule has 0 aliphatic carbocycles. The molecule has 21 heavy (non-hydrogen) atoms. The maximum Gasteiger partial charge on any atom is 0.255 e. The van der Waals surface area contributed by atoms with Gasteiger partial charge in [-0.2, -0.15) is 0 Å². The number of hydrazine groups is 1. The zero-order valence-electron chi connectivity index (χ0n) is 11.9. The van der Waals surface area contributed by atoms with E-state index in [2.05, 4.69) is 15.7 Å². The third-order valence-electron chi connectivity index (χ3n) is 3.10. The molecule has 0 saturated carbocycles. The van der Waals surface area contributed by atoms with Gasteiger partial charge in [-0.3, -0.25) is 4.79 Å². The van der Waals surface area contributed by atoms with Gasteiger partial charge in [0, 0.05) is 16.9 Å². The van der Waals surface area contributed by atoms with Crippen molar-refractivity contribution < 1.29 is 9.18 Å². The molecular formula is C15H17FN4O. The van der Waals surface area contributed by atoms with E-state index in [4.69, 9.17) is 5.84 Å². The molecule has 6 heteroatoms. The van der Waals surface area contributed by atoms with Gasteiger partial charge in [0.25, 0.3) is 5.91 Å². The Balaban J connectivity index is 2.29. The fourth-order valence-corrected chi connectivity index (χ4v) is 1.90. The first-order valence-electron chi connectivity index (χ1n) is 6.58. The minimum Gasteiger partial charge on any atom is -0.322 e. The van der Waals surface area contributed by atoms with Crippen LogP contribution in [0.2, 0.25) is 0 Å². The summed E-state index contributed by atoms with van der Waals surface area (Å²) in [6, 6.07) is 7.48. The van der Waals surface area contributed by atoms with Gasteiger partial charge in [-0.05, 0) is 43.2 Å². The van der Waals surface area contributed by atoms with Crippen LogP contribution in [0.25, 0.3) is 0 Å². The monoisotopic (exact) mass is 288 g/mol. The Morgan fingerprint density at radius 1 is 1.33 bits per heavy atom. The molecule has 1 heterocycles. The van der Waals surface area contributed by atoms with Crippen LogP contribution in [0.3, 0.4) is 0 Å². The molecule has 0 unspecified atom stereocenters. The number of nitrogens with one attached hydrogen (secondary N) is 2. The third-order valence-corrected chi connectivity index (χ3v) is 3.10. The van der Waals surface area contributed by atoms with Crippen molar-refractivity contribution in [1.82, 2.24) is 4.98 Å². The van der Waals surface area contributed by atoms with Crippen LogP contribution in [0, 0.1) is 12.7 Å². The number of pyridine rings is 1. The molecule has 1 amide bonds. The van der Waals surface area contributed by atoms with Crippen LogP contribution in [-0.2, 0) is 6.42 Å². The normalized spacial score (nSPS) is 10.3. The summed E-state index contributed by atoms with van der Waals surface area (Å²) in [5, 5.41) is 2.69. The van der Waals surface area contributed by atoms with Crippen LogP contribution in [-0.4, -0.2) is 10.9 Å². The Kier molecular flexibility index (Phi) is 4.49. The van der Waals surface area contributed by atoms with Gasteiger partial charge in [0.05, 0.1) is 0 Å². The van der Waals surface area contributed by atoms with Gasteiger partial charge in [0.2, 0.25) is 0 Å². The van der Waals surface area contributed by atoms with E-state index in [1.807, 2.05) is 6.92 Å². The first-order chi connectivity index (χ1) is 10.0. The number of hydrogen-bond acceptors (Lipinski definition) is 4. The van der Waals surface area contributed by atoms with Gasteiger partial charge >= 0.3 is 0 Å². The number of aromatic nitrogens is 1. The average molecular weight is 288 g/mol. The number of hydrogen-bond donors (Lipinski definition) is 3. The Bertz CT molecular complexity index is 650. The van der Waals surface area contributed by atoms with Gasteiger partial charge in [-0.25, -0.2) is 15.2 Å². The van der Waals surface area contributed by atoms with E-state index in [0.29, 0.717) is 23.5 Å². The van der Waals surface area contributed by atoms with E-state index >= 15 is 0 Å². The summed E-state index contributed by atoms with van der Waals surface area (Å²) in [5.74, 6) is 5.02. The highest BCUT2D eigenvalue weighted by Gasteiger charge is 2.11. The number of amides is 1. The lowest BCUT2D eigenvalue weighted by Crippen LogP contribution is -2.16. The predicted molar refractivity (Wildman–Crippen MR) is 80.5 cm³/mol. The number of anilines is 2. The van der Waals surface area contributed by atoms with Crippen LogP contribution < -0.4 is 16.6 Å². The number of carbonyl (C=O) groups excluding carboxylic acids is 1. The molecule has 0 fully saturated rings. The van der Waals surface area contributed by atoms with E-state index in [1.165, 1.54) is 12.1 Å². The van der Waals surface area contributed by atoms with E-state index in [1.54, 1.807) is 25.1 Å². The Labute approximate surface area is 122 Å². The Hall–Kier alpha value is -2.47. The lowest BCUT2D eigenvalue weighted by atomic mass is 10.1. The molecule has 2 aromatic rings. The standard InChI is InChI=1S/C15H17FN4O/c1-3-12-6-10(7-14(18-12)20-17)15(21)19-13-8-11(16)5-4-9(13)2/h4-8H,3,17H2,1-2H3,(H,18,20)(H,19,21). The SMILES string of the molecule is CCc1cc(C(=O)Nc2cc(F)ccc2C)cc(NN)n1. The van der Waals surface area contributed by atoms with Gasteiger partial charge < -0.3 is 10.7 Å². The Morgan fingerprint density at radius 3 is 2.76 bits per heavy atom. The van der Waals surface area contributed by atoms with Gasteiger partial charge in [-0.15, -0.1) is 0 Å². The molecule has 5 nitrogen and oxygen atoms in total. The maximum absolute atomic E-state index is 13.2. The second-order valence-electron chi connectivity index (χ2n) is 4.64. The summed E-state index contributed by atoms with van der Waals surface area (Å²) in [5.41, 5.74) is 4.81. The zero-order valence-corrected chi connectivity index (χ0v) is 11.9. The molecular weight excluding hydrogens is 271 g/mol. The van der Waals surface area contributed by atoms with Crippen molar-refractivity contribution in [2.45, 2.75) is 20.3 Å². The summed E-state index contributed by atoms with van der Waals surface area (Å²) in [6.45, 7) is 3.73. The summed E-state index contributed by atoms with van der Waals surface area (Å²) < 4.78 is 13.2. The zero-order chi connectivity index (χ0) is 15.4. The van der Waals surface area contributed by atoms with Crippen molar-refractivity contribution in [3.63, 3.8) is 0 Å². The average Bonchev–Trinajstić information content (AvgIpc) is 2.50. The molecule has 0 atom stereocenters. The molecule has 0 bridgehead atoms. The van der Waals surface area contributed by atoms with E-state index in [-0.39, 0.29) is 5.91 Å². The topological polar surface area (TPSA) is 80.0 Å². The summed E-state index contributed by atoms with van der Waals surface area (Å²) >= 11 is 0. The summed E-state index contributed by atoms with van der Waals surface area (Å²) in [7, 11) is 0. The highest BCUT2D eigenvalue weighted by Crippen LogP contribution is 2.18. The second-order valence-corrected chi connectivity index (χ2v) is 4.64. The van der Waals surface area contributed by atoms with Crippen LogP contribution in [0.4, 0.5) is 15.9 Å². The van der Waals surface area contributed by atoms with Crippen LogP contribution >= 0.6 is 0 Å². The number of aryl methyl sites for hydroxylation is 2. The number of nitrogens with zero attached hydrogens (tertiary/aromatic N) is 1. The number of halogens is 1. The quantitative estimate of drug-likeness (QED) is 0.597. The number of benzene rings is 1. The molecule has 1 aromatic carbocycles. The highest BCUT2D eigenvalue weighted by molar-refractivity contribution is 6.05. The lowest BCUT2D eigenvalue weighted by Gasteiger charge is -2.10. The lowest BCUT2D eigenvalue weighted by molar-refractivity contribution is 0.102. The molecule has 2 rings (SSSR count). The molecule has 0 aliphatic heterocycles. The van der Waals surface area contributed by atoms with Crippen molar-refractivity contribution in [2.24, 2.45) is 5.84 Å². The highest BCUT2D eigenvalue weighted by atomic mass is 19.1. The predicted octanol–water partition coefficient (Wildman–Crippen LogP) is 2.63. The van der Waals surface area contributed by atoms with Crippen LogP contribution in [0.1, 0.15) is 28.5 Å². The molecule has 0 saturated heterocycles. The molecule has 1 aromatic heterocycles. The summed E-state index contributed by atoms with van der Waals surface area (Å²) in [4.78, 5) is 16.5. The van der Waals surface area contributed by atoms with Crippen molar-refractivity contribution in [3.05, 3.63) is 53.0 Å². The molecule has 0 spiro atoms. The summed E-state index contributed by atoms with van der Waals surface area (Å²) in [6.07, 6.45) is 0.675. The van der Waals surface area contributed by atoms with Gasteiger partial charge in [0.15, 0.2) is 0 Å². The van der Waals surface area contributed by atoms with Gasteiger partial charge in [-0.1, -0.05) is 13.0 Å². The fourth-order valence-electron chi connectivity index (χ4n) is 1.90. The van der Waals surface area contributed by atoms with E-state index in [9.17, 15) is 9.18 Å². The number of nitrogens with two attached hydrogens (primary N) is 1. The van der Waals surface area contributed by atoms with Crippen LogP contribution in [0.5, 0.6) is 0 Å². The second kappa shape index (κ2) is 6.32. The fraction of sp³-hybridized carbons (Fsp3) is 0.200. The number of nitrogen functional groups attached to an aromatic ring is 1. The maximum atomic E-state index is 13.2. The third kappa shape index (κ3) is 3.55. The number of carbonyl (C=O) groups is 1. The molecule has 4 N–H and O–H groups in total. The van der Waals surface area contributed by atoms with Gasteiger partial charge in [0.1, 0.15) is 11.6 Å². The Morgan fingerprint density at radius 2 is 2.10 bits per heavy atom. The van der Waals surface area contributed by atoms with Crippen LogP contribution in [0.15, 0.2) is 30.3 Å². The minimum absolute atomic E-state index is 0.336. The van der Waals surface area contributed by atoms with Crippen molar-refractivity contribution >= 4 is 17.4 Å². The largest absolute Gasteiger partial charge is 0.322 e. The smallest absolute Gasteiger partial charge is 0.255 e. The van der Waals surface area contributed by atoms with E-state index < -0.39 is 5.82 Å². The number of rotatable bonds is 4. The van der Waals surface area contributed by atoms with Crippen molar-refractivity contribution in [2.75, 3.05) is 10.7 Å². The molecule has 0 aliphatic rings.